The highest BCUT2D eigenvalue weighted by molar-refractivity contribution is 6.32. The van der Waals surface area contributed by atoms with Crippen LogP contribution < -0.4 is 0 Å². The number of fused-ring (bicyclic) bond motifs is 1. The van der Waals surface area contributed by atoms with Crippen LogP contribution in [-0.4, -0.2) is 21.0 Å². The quantitative estimate of drug-likeness (QED) is 0.450. The predicted octanol–water partition coefficient (Wildman–Crippen LogP) is 5.76. The summed E-state index contributed by atoms with van der Waals surface area (Å²) in [5.41, 5.74) is 3.96. The topological polar surface area (TPSA) is 63.1 Å². The minimum atomic E-state index is -1.12. The van der Waals surface area contributed by atoms with Crippen LogP contribution in [0.3, 0.4) is 0 Å². The molecule has 0 aliphatic rings. The van der Waals surface area contributed by atoms with Crippen LogP contribution >= 0.6 is 11.6 Å². The zero-order valence-corrected chi connectivity index (χ0v) is 15.5. The lowest BCUT2D eigenvalue weighted by atomic mass is 9.96. The highest BCUT2D eigenvalue weighted by atomic mass is 35.5. The summed E-state index contributed by atoms with van der Waals surface area (Å²) in [6.45, 7) is 1.68. The summed E-state index contributed by atoms with van der Waals surface area (Å²) in [7, 11) is 0. The Bertz CT molecular complexity index is 1220. The second kappa shape index (κ2) is 7.02. The number of carbonyl (C=O) groups is 1. The lowest BCUT2D eigenvalue weighted by Gasteiger charge is -2.13. The number of carboxylic acid groups (broad SMARTS) is 1. The Morgan fingerprint density at radius 1 is 1.07 bits per heavy atom. The van der Waals surface area contributed by atoms with Gasteiger partial charge >= 0.3 is 5.97 Å². The molecule has 0 amide bonds. The molecule has 0 aliphatic heterocycles. The van der Waals surface area contributed by atoms with Crippen molar-refractivity contribution in [1.82, 2.24) is 9.97 Å². The van der Waals surface area contributed by atoms with Gasteiger partial charge in [0.05, 0.1) is 16.8 Å². The van der Waals surface area contributed by atoms with Gasteiger partial charge in [-0.2, -0.15) is 0 Å². The fourth-order valence-corrected chi connectivity index (χ4v) is 3.52. The van der Waals surface area contributed by atoms with E-state index in [1.54, 1.807) is 13.1 Å². The Morgan fingerprint density at radius 3 is 2.46 bits per heavy atom. The fourth-order valence-electron chi connectivity index (χ4n) is 3.30. The van der Waals surface area contributed by atoms with Gasteiger partial charge in [0, 0.05) is 22.7 Å². The molecule has 0 saturated carbocycles. The van der Waals surface area contributed by atoms with Gasteiger partial charge in [-0.05, 0) is 48.4 Å². The van der Waals surface area contributed by atoms with E-state index in [4.69, 9.17) is 11.6 Å². The van der Waals surface area contributed by atoms with Gasteiger partial charge in [-0.1, -0.05) is 35.9 Å². The molecule has 2 aromatic heterocycles. The van der Waals surface area contributed by atoms with E-state index >= 15 is 0 Å². The number of hydrogen-bond donors (Lipinski definition) is 1. The Hall–Kier alpha value is -3.31. The number of pyridine rings is 2. The molecule has 0 radical (unpaired) electrons. The number of hydrogen-bond acceptors (Lipinski definition) is 3. The second-order valence-electron chi connectivity index (χ2n) is 6.35. The van der Waals surface area contributed by atoms with Crippen molar-refractivity contribution >= 4 is 28.5 Å². The van der Waals surface area contributed by atoms with E-state index in [9.17, 15) is 14.3 Å². The molecule has 138 valence electrons. The van der Waals surface area contributed by atoms with Crippen molar-refractivity contribution < 1.29 is 14.3 Å². The molecule has 0 atom stereocenters. The van der Waals surface area contributed by atoms with Gasteiger partial charge in [0.15, 0.2) is 0 Å². The molecule has 28 heavy (non-hydrogen) atoms. The van der Waals surface area contributed by atoms with Gasteiger partial charge in [-0.15, -0.1) is 0 Å². The van der Waals surface area contributed by atoms with Crippen LogP contribution in [0.2, 0.25) is 5.15 Å². The molecule has 1 N–H and O–H groups in total. The maximum Gasteiger partial charge on any atom is 0.336 e. The summed E-state index contributed by atoms with van der Waals surface area (Å²) in [6.07, 6.45) is 1.62. The average molecular weight is 393 g/mol. The van der Waals surface area contributed by atoms with E-state index in [0.29, 0.717) is 21.9 Å². The molecule has 4 rings (SSSR count). The lowest BCUT2D eigenvalue weighted by molar-refractivity contribution is 0.0698. The van der Waals surface area contributed by atoms with Gasteiger partial charge < -0.3 is 5.11 Å². The van der Waals surface area contributed by atoms with Crippen LogP contribution in [0.15, 0.2) is 60.8 Å². The first-order chi connectivity index (χ1) is 13.5. The van der Waals surface area contributed by atoms with E-state index in [2.05, 4.69) is 9.97 Å². The van der Waals surface area contributed by atoms with Crippen molar-refractivity contribution in [2.75, 3.05) is 0 Å². The molecule has 4 nitrogen and oxygen atoms in total. The molecule has 6 heteroatoms. The molecular formula is C22H14ClFN2O2. The number of carboxylic acids is 1. The monoisotopic (exact) mass is 392 g/mol. The first kappa shape index (κ1) is 18.1. The lowest BCUT2D eigenvalue weighted by Crippen LogP contribution is -2.05. The van der Waals surface area contributed by atoms with Crippen LogP contribution in [0.5, 0.6) is 0 Å². The predicted molar refractivity (Wildman–Crippen MR) is 107 cm³/mol. The molecule has 2 heterocycles. The molecular weight excluding hydrogens is 379 g/mol. The van der Waals surface area contributed by atoms with Crippen LogP contribution in [-0.2, 0) is 0 Å². The second-order valence-corrected chi connectivity index (χ2v) is 6.70. The van der Waals surface area contributed by atoms with Gasteiger partial charge in [-0.3, -0.25) is 0 Å². The largest absolute Gasteiger partial charge is 0.478 e. The number of rotatable bonds is 3. The summed E-state index contributed by atoms with van der Waals surface area (Å²) in [5, 5.41) is 10.4. The maximum atomic E-state index is 13.6. The zero-order valence-electron chi connectivity index (χ0n) is 14.8. The molecule has 0 aliphatic carbocycles. The van der Waals surface area contributed by atoms with E-state index in [0.717, 1.165) is 16.7 Å². The van der Waals surface area contributed by atoms with E-state index < -0.39 is 11.8 Å². The number of halogens is 2. The number of nitrogens with zero attached hydrogens (tertiary/aromatic N) is 2. The highest BCUT2D eigenvalue weighted by Crippen LogP contribution is 2.32. The maximum absolute atomic E-state index is 13.6. The van der Waals surface area contributed by atoms with Crippen molar-refractivity contribution in [2.45, 2.75) is 6.92 Å². The summed E-state index contributed by atoms with van der Waals surface area (Å²) < 4.78 is 13.6. The summed E-state index contributed by atoms with van der Waals surface area (Å²) in [4.78, 5) is 20.5. The Kier molecular flexibility index (Phi) is 4.53. The van der Waals surface area contributed by atoms with Crippen molar-refractivity contribution in [2.24, 2.45) is 0 Å². The first-order valence-corrected chi connectivity index (χ1v) is 8.88. The molecule has 0 bridgehead atoms. The number of aromatic carboxylic acids is 1. The minimum Gasteiger partial charge on any atom is -0.478 e. The van der Waals surface area contributed by atoms with Gasteiger partial charge in [0.1, 0.15) is 11.0 Å². The van der Waals surface area contributed by atoms with Crippen LogP contribution in [0.25, 0.3) is 33.3 Å². The Morgan fingerprint density at radius 2 is 1.79 bits per heavy atom. The molecule has 0 unspecified atom stereocenters. The SMILES string of the molecule is Cc1c(-c2ccc(-c3cccnc3Cl)cc2)nc2ccc(F)cc2c1C(=O)O. The third kappa shape index (κ3) is 3.10. The molecule has 0 saturated heterocycles. The zero-order chi connectivity index (χ0) is 19.8. The molecule has 0 fully saturated rings. The normalized spacial score (nSPS) is 11.0. The number of aromatic nitrogens is 2. The van der Waals surface area contributed by atoms with Gasteiger partial charge in [0.2, 0.25) is 0 Å². The Labute approximate surface area is 165 Å². The van der Waals surface area contributed by atoms with Crippen molar-refractivity contribution in [3.8, 4) is 22.4 Å². The standard InChI is InChI=1S/C22H14ClFN2O2/c1-12-19(22(27)28)17-11-15(24)8-9-18(17)26-20(12)14-6-4-13(5-7-14)16-3-2-10-25-21(16)23/h2-11H,1H3,(H,27,28). The van der Waals surface area contributed by atoms with E-state index in [-0.39, 0.29) is 10.9 Å². The van der Waals surface area contributed by atoms with E-state index in [1.807, 2.05) is 36.4 Å². The minimum absolute atomic E-state index is 0.0545. The molecule has 4 aromatic rings. The highest BCUT2D eigenvalue weighted by Gasteiger charge is 2.19. The van der Waals surface area contributed by atoms with Crippen molar-refractivity contribution in [1.29, 1.82) is 0 Å². The van der Waals surface area contributed by atoms with Gasteiger partial charge in [-0.25, -0.2) is 19.2 Å². The number of benzene rings is 2. The van der Waals surface area contributed by atoms with E-state index in [1.165, 1.54) is 18.2 Å². The van der Waals surface area contributed by atoms with Crippen molar-refractivity contribution in [3.05, 3.63) is 82.9 Å². The van der Waals surface area contributed by atoms with Crippen molar-refractivity contribution in [3.63, 3.8) is 0 Å². The summed E-state index contributed by atoms with van der Waals surface area (Å²) in [6, 6.07) is 15.1. The third-order valence-electron chi connectivity index (χ3n) is 4.63. The molecule has 0 spiro atoms. The third-order valence-corrected chi connectivity index (χ3v) is 4.93. The summed E-state index contributed by atoms with van der Waals surface area (Å²) >= 11 is 6.16. The van der Waals surface area contributed by atoms with Gasteiger partial charge in [0.25, 0.3) is 0 Å². The average Bonchev–Trinajstić information content (AvgIpc) is 2.68. The van der Waals surface area contributed by atoms with Crippen LogP contribution in [0.1, 0.15) is 15.9 Å². The summed E-state index contributed by atoms with van der Waals surface area (Å²) in [5.74, 6) is -1.61. The Balaban J connectivity index is 1.88. The smallest absolute Gasteiger partial charge is 0.336 e. The molecule has 2 aromatic carbocycles. The van der Waals surface area contributed by atoms with Crippen LogP contribution in [0, 0.1) is 12.7 Å². The first-order valence-electron chi connectivity index (χ1n) is 8.50. The fraction of sp³-hybridized carbons (Fsp3) is 0.0455. The van der Waals surface area contributed by atoms with Crippen LogP contribution in [0.4, 0.5) is 4.39 Å².